The van der Waals surface area contributed by atoms with E-state index in [0.29, 0.717) is 28.5 Å². The van der Waals surface area contributed by atoms with E-state index in [-0.39, 0.29) is 65.4 Å². The second kappa shape index (κ2) is 14.7. The van der Waals surface area contributed by atoms with Gasteiger partial charge in [-0.1, -0.05) is 49.9 Å². The van der Waals surface area contributed by atoms with Gasteiger partial charge in [-0.25, -0.2) is 27.9 Å². The molecule has 0 amide bonds. The number of ether oxygens (including phenoxy) is 1. The predicted octanol–water partition coefficient (Wildman–Crippen LogP) is 7.81. The van der Waals surface area contributed by atoms with Crippen LogP contribution in [0.15, 0.2) is 65.7 Å². The average molecular weight is 804 g/mol. The lowest BCUT2D eigenvalue weighted by molar-refractivity contribution is -0.162. The van der Waals surface area contributed by atoms with Crippen molar-refractivity contribution in [1.82, 2.24) is 29.8 Å². The van der Waals surface area contributed by atoms with E-state index in [1.54, 1.807) is 23.9 Å². The molecule has 2 aromatic carbocycles. The van der Waals surface area contributed by atoms with Gasteiger partial charge in [-0.3, -0.25) is 4.98 Å². The van der Waals surface area contributed by atoms with Crippen LogP contribution in [0.4, 0.5) is 19.1 Å². The van der Waals surface area contributed by atoms with E-state index in [0.717, 1.165) is 61.3 Å². The van der Waals surface area contributed by atoms with Crippen LogP contribution < -0.4 is 14.8 Å². The summed E-state index contributed by atoms with van der Waals surface area (Å²) in [5.41, 5.74) is 2.70. The zero-order valence-electron chi connectivity index (χ0n) is 31.8. The van der Waals surface area contributed by atoms with Gasteiger partial charge in [0.2, 0.25) is 11.8 Å². The molecule has 2 aliphatic carbocycles. The zero-order chi connectivity index (χ0) is 40.3. The molecule has 4 heterocycles. The van der Waals surface area contributed by atoms with E-state index in [2.05, 4.69) is 25.0 Å². The van der Waals surface area contributed by atoms with Crippen LogP contribution in [-0.2, 0) is 22.5 Å². The molecule has 0 spiro atoms. The first-order valence-corrected chi connectivity index (χ1v) is 20.7. The van der Waals surface area contributed by atoms with E-state index >= 15 is 0 Å². The van der Waals surface area contributed by atoms with Crippen molar-refractivity contribution in [3.8, 4) is 17.1 Å². The SMILES string of the molecule is Cc1cccc(C)c1-c1cc(OC[C@@H]2N[C@H](c3cnc4cc(C5(C(F)(F)F)CC5)n(C)c4n3)CCC[C@H]2C2CCC2)nc(NS(=O)(=O)c2cccc(C(=O)O)c2)n1. The molecule has 3 aliphatic rings. The number of alkyl halides is 3. The number of hydrogen-bond acceptors (Lipinski definition) is 9. The first-order chi connectivity index (χ1) is 27.1. The van der Waals surface area contributed by atoms with Gasteiger partial charge in [0.25, 0.3) is 10.0 Å². The molecule has 16 heteroatoms. The molecule has 3 aromatic heterocycles. The molecule has 8 rings (SSSR count). The molecule has 3 N–H and O–H groups in total. The molecule has 0 radical (unpaired) electrons. The highest BCUT2D eigenvalue weighted by Gasteiger charge is 2.65. The van der Waals surface area contributed by atoms with Gasteiger partial charge in [-0.15, -0.1) is 0 Å². The third-order valence-corrected chi connectivity index (χ3v) is 13.4. The zero-order valence-corrected chi connectivity index (χ0v) is 32.6. The number of aromatic carboxylic acids is 1. The third kappa shape index (κ3) is 7.44. The lowest BCUT2D eigenvalue weighted by Crippen LogP contribution is -2.45. The number of sulfonamides is 1. The number of nitrogens with zero attached hydrogens (tertiary/aromatic N) is 5. The maximum atomic E-state index is 14.1. The average Bonchev–Trinajstić information content (AvgIpc) is 3.93. The fourth-order valence-corrected chi connectivity index (χ4v) is 9.62. The first kappa shape index (κ1) is 38.8. The molecule has 1 aliphatic heterocycles. The van der Waals surface area contributed by atoms with Crippen LogP contribution in [0.1, 0.15) is 90.3 Å². The van der Waals surface area contributed by atoms with Crippen LogP contribution in [0.25, 0.3) is 22.4 Å². The summed E-state index contributed by atoms with van der Waals surface area (Å²) in [6.07, 6.45) is 3.36. The van der Waals surface area contributed by atoms with Crippen molar-refractivity contribution in [3.63, 3.8) is 0 Å². The predicted molar refractivity (Wildman–Crippen MR) is 206 cm³/mol. The quantitative estimate of drug-likeness (QED) is 0.120. The highest BCUT2D eigenvalue weighted by Crippen LogP contribution is 2.59. The van der Waals surface area contributed by atoms with Crippen molar-refractivity contribution in [1.29, 1.82) is 0 Å². The summed E-state index contributed by atoms with van der Waals surface area (Å²) in [4.78, 5) is 29.9. The minimum Gasteiger partial charge on any atom is -0.478 e. The molecule has 0 bridgehead atoms. The number of hydrogen-bond donors (Lipinski definition) is 3. The number of rotatable bonds is 11. The fourth-order valence-electron chi connectivity index (χ4n) is 8.63. The fraction of sp³-hybridized carbons (Fsp3) is 0.439. The molecule has 5 aromatic rings. The largest absolute Gasteiger partial charge is 0.478 e. The van der Waals surface area contributed by atoms with Crippen LogP contribution >= 0.6 is 0 Å². The normalized spacial score (nSPS) is 21.1. The molecule has 2 saturated carbocycles. The molecule has 12 nitrogen and oxygen atoms in total. The number of aromatic nitrogens is 5. The van der Waals surface area contributed by atoms with Crippen molar-refractivity contribution in [2.75, 3.05) is 11.3 Å². The number of carboxylic acids is 1. The Morgan fingerprint density at radius 2 is 1.72 bits per heavy atom. The van der Waals surface area contributed by atoms with Gasteiger partial charge in [0.15, 0.2) is 5.65 Å². The summed E-state index contributed by atoms with van der Waals surface area (Å²) in [6.45, 7) is 4.05. The molecule has 3 atom stereocenters. The molecular formula is C41H44F3N7O5S. The Balaban J connectivity index is 1.10. The maximum Gasteiger partial charge on any atom is 0.399 e. The number of carbonyl (C=O) groups is 1. The lowest BCUT2D eigenvalue weighted by atomic mass is 9.71. The van der Waals surface area contributed by atoms with E-state index in [4.69, 9.17) is 9.72 Å². The van der Waals surface area contributed by atoms with Crippen molar-refractivity contribution in [2.45, 2.75) is 93.8 Å². The Morgan fingerprint density at radius 1 is 1.00 bits per heavy atom. The van der Waals surface area contributed by atoms with E-state index in [1.807, 2.05) is 32.0 Å². The van der Waals surface area contributed by atoms with Gasteiger partial charge in [0.1, 0.15) is 17.5 Å². The number of benzene rings is 2. The number of nitrogens with one attached hydrogen (secondary N) is 2. The Kier molecular flexibility index (Phi) is 9.99. The third-order valence-electron chi connectivity index (χ3n) is 12.1. The molecule has 57 heavy (non-hydrogen) atoms. The Morgan fingerprint density at radius 3 is 2.39 bits per heavy atom. The van der Waals surface area contributed by atoms with Crippen LogP contribution in [0.3, 0.4) is 0 Å². The van der Waals surface area contributed by atoms with E-state index in [9.17, 15) is 31.5 Å². The summed E-state index contributed by atoms with van der Waals surface area (Å²) in [5, 5.41) is 13.2. The van der Waals surface area contributed by atoms with E-state index < -0.39 is 27.6 Å². The van der Waals surface area contributed by atoms with Crippen molar-refractivity contribution in [3.05, 3.63) is 88.9 Å². The molecule has 300 valence electrons. The highest BCUT2D eigenvalue weighted by atomic mass is 32.2. The molecule has 3 fully saturated rings. The minimum atomic E-state index is -4.35. The summed E-state index contributed by atoms with van der Waals surface area (Å²) >= 11 is 0. The number of halogens is 3. The number of fused-ring (bicyclic) bond motifs is 1. The molecule has 0 unspecified atom stereocenters. The topological polar surface area (TPSA) is 161 Å². The summed E-state index contributed by atoms with van der Waals surface area (Å²) in [6, 6.07) is 13.6. The molecular weight excluding hydrogens is 760 g/mol. The Bertz CT molecular complexity index is 2440. The highest BCUT2D eigenvalue weighted by molar-refractivity contribution is 7.92. The second-order valence-electron chi connectivity index (χ2n) is 15.7. The summed E-state index contributed by atoms with van der Waals surface area (Å²) in [7, 11) is -2.68. The van der Waals surface area contributed by atoms with Crippen molar-refractivity contribution in [2.24, 2.45) is 18.9 Å². The van der Waals surface area contributed by atoms with E-state index in [1.165, 1.54) is 24.3 Å². The Labute approximate surface area is 328 Å². The first-order valence-electron chi connectivity index (χ1n) is 19.2. The van der Waals surface area contributed by atoms with Crippen LogP contribution in [0.5, 0.6) is 5.88 Å². The van der Waals surface area contributed by atoms with Crippen molar-refractivity contribution >= 4 is 33.1 Å². The standard InChI is InChI=1S/C41H44F3N7O5S/c1-23-8-4-9-24(2)36(23)30-20-35(49-39(48-30)50-57(54,55)27-13-6-12-26(18-27)38(52)53)56-22-33-28(25-10-5-11-25)14-7-15-29(46-33)32-21-45-31-19-34(51(3)37(31)47-32)40(16-17-40)41(42,43)44/h4,6,8-9,12-13,18-21,25,28-29,33,46H,5,7,10-11,14-17,22H2,1-3H3,(H,52,53)(H,48,49,50)/t28-,29-,33-/m0/s1. The smallest absolute Gasteiger partial charge is 0.399 e. The molecule has 1 saturated heterocycles. The number of aryl methyl sites for hydroxylation is 3. The van der Waals surface area contributed by atoms with Crippen LogP contribution in [-0.4, -0.2) is 62.8 Å². The second-order valence-corrected chi connectivity index (χ2v) is 17.4. The van der Waals surface area contributed by atoms with Crippen LogP contribution in [0, 0.1) is 25.7 Å². The number of carboxylic acid groups (broad SMARTS) is 1. The monoisotopic (exact) mass is 803 g/mol. The summed E-state index contributed by atoms with van der Waals surface area (Å²) in [5.74, 6) is -0.601. The van der Waals surface area contributed by atoms with Gasteiger partial charge in [-0.2, -0.15) is 18.2 Å². The van der Waals surface area contributed by atoms with Gasteiger partial charge in [0, 0.05) is 30.4 Å². The lowest BCUT2D eigenvalue weighted by Gasteiger charge is -2.38. The van der Waals surface area contributed by atoms with Crippen LogP contribution in [0.2, 0.25) is 0 Å². The van der Waals surface area contributed by atoms with Gasteiger partial charge < -0.3 is 19.7 Å². The van der Waals surface area contributed by atoms with Gasteiger partial charge >= 0.3 is 12.1 Å². The maximum absolute atomic E-state index is 14.1. The summed E-state index contributed by atoms with van der Waals surface area (Å²) < 4.78 is 79.8. The van der Waals surface area contributed by atoms with Gasteiger partial charge in [-0.05, 0) is 86.8 Å². The van der Waals surface area contributed by atoms with Crippen molar-refractivity contribution < 1.29 is 36.2 Å². The van der Waals surface area contributed by atoms with Gasteiger partial charge in [0.05, 0.1) is 34.1 Å². The number of anilines is 1. The Hall–Kier alpha value is -5.09. The minimum absolute atomic E-state index is 0.0500.